The van der Waals surface area contributed by atoms with Gasteiger partial charge in [-0.1, -0.05) is 0 Å². The highest BCUT2D eigenvalue weighted by Crippen LogP contribution is 2.29. The van der Waals surface area contributed by atoms with Crippen molar-refractivity contribution in [2.24, 2.45) is 0 Å². The molecular weight excluding hydrogens is 313 g/mol. The van der Waals surface area contributed by atoms with Gasteiger partial charge in [-0.3, -0.25) is 4.79 Å². The zero-order valence-corrected chi connectivity index (χ0v) is 9.94. The summed E-state index contributed by atoms with van der Waals surface area (Å²) < 4.78 is 5.41. The SMILES string of the molecule is CC(=O)Oc1c(N)cc(I)cc1C(=O)O. The predicted octanol–water partition coefficient (Wildman–Crippen LogP) is 1.50. The average Bonchev–Trinajstić information content (AvgIpc) is 2.08. The Kier molecular flexibility index (Phi) is 3.51. The van der Waals surface area contributed by atoms with E-state index in [4.69, 9.17) is 15.6 Å². The zero-order chi connectivity index (χ0) is 11.6. The van der Waals surface area contributed by atoms with Crippen LogP contribution in [0.3, 0.4) is 0 Å². The highest BCUT2D eigenvalue weighted by atomic mass is 127. The number of carbonyl (C=O) groups excluding carboxylic acids is 1. The second-order valence-electron chi connectivity index (χ2n) is 2.77. The Morgan fingerprint density at radius 2 is 2.07 bits per heavy atom. The summed E-state index contributed by atoms with van der Waals surface area (Å²) in [5, 5.41) is 8.88. The molecule has 80 valence electrons. The minimum absolute atomic E-state index is 0.101. The topological polar surface area (TPSA) is 89.6 Å². The van der Waals surface area contributed by atoms with E-state index in [1.807, 2.05) is 22.6 Å². The van der Waals surface area contributed by atoms with Gasteiger partial charge in [0.25, 0.3) is 0 Å². The van der Waals surface area contributed by atoms with Gasteiger partial charge in [-0.05, 0) is 34.7 Å². The predicted molar refractivity (Wildman–Crippen MR) is 61.8 cm³/mol. The van der Waals surface area contributed by atoms with Crippen LogP contribution in [0.1, 0.15) is 17.3 Å². The first-order chi connectivity index (χ1) is 6.91. The first-order valence-corrected chi connectivity index (χ1v) is 5.00. The number of hydrogen-bond donors (Lipinski definition) is 2. The maximum Gasteiger partial charge on any atom is 0.339 e. The van der Waals surface area contributed by atoms with Gasteiger partial charge in [-0.15, -0.1) is 0 Å². The fourth-order valence-electron chi connectivity index (χ4n) is 1.03. The summed E-state index contributed by atoms with van der Waals surface area (Å²) in [7, 11) is 0. The van der Waals surface area contributed by atoms with Crippen LogP contribution in [0, 0.1) is 3.57 Å². The third-order valence-electron chi connectivity index (χ3n) is 1.56. The summed E-state index contributed by atoms with van der Waals surface area (Å²) in [5.74, 6) is -1.89. The minimum atomic E-state index is -1.18. The summed E-state index contributed by atoms with van der Waals surface area (Å²) in [4.78, 5) is 21.6. The summed E-state index contributed by atoms with van der Waals surface area (Å²) >= 11 is 1.93. The highest BCUT2D eigenvalue weighted by Gasteiger charge is 2.17. The van der Waals surface area contributed by atoms with Crippen LogP contribution >= 0.6 is 22.6 Å². The Labute approximate surface area is 99.4 Å². The molecular formula is C9H8INO4. The summed E-state index contributed by atoms with van der Waals surface area (Å²) in [6.45, 7) is 1.18. The third kappa shape index (κ3) is 2.82. The smallest absolute Gasteiger partial charge is 0.339 e. The number of ether oxygens (including phenoxy) is 1. The van der Waals surface area contributed by atoms with Gasteiger partial charge in [0, 0.05) is 10.5 Å². The molecule has 0 aromatic heterocycles. The summed E-state index contributed by atoms with van der Waals surface area (Å²) in [6, 6.07) is 2.92. The normalized spacial score (nSPS) is 9.73. The van der Waals surface area contributed by atoms with Crippen molar-refractivity contribution in [2.45, 2.75) is 6.92 Å². The molecule has 0 saturated heterocycles. The number of nitrogens with two attached hydrogens (primary N) is 1. The van der Waals surface area contributed by atoms with E-state index in [9.17, 15) is 9.59 Å². The summed E-state index contributed by atoms with van der Waals surface area (Å²) in [6.07, 6.45) is 0. The number of carboxylic acids is 1. The Bertz CT molecular complexity index is 430. The Balaban J connectivity index is 3.33. The van der Waals surface area contributed by atoms with Crippen LogP contribution in [0.5, 0.6) is 5.75 Å². The van der Waals surface area contributed by atoms with Gasteiger partial charge in [0.05, 0.1) is 5.69 Å². The second-order valence-corrected chi connectivity index (χ2v) is 4.02. The van der Waals surface area contributed by atoms with Crippen molar-refractivity contribution in [1.82, 2.24) is 0 Å². The van der Waals surface area contributed by atoms with E-state index in [0.29, 0.717) is 3.57 Å². The van der Waals surface area contributed by atoms with E-state index in [1.165, 1.54) is 19.1 Å². The maximum atomic E-state index is 10.9. The molecule has 0 radical (unpaired) electrons. The Hall–Kier alpha value is -1.31. The second kappa shape index (κ2) is 4.47. The van der Waals surface area contributed by atoms with Crippen molar-refractivity contribution in [3.05, 3.63) is 21.3 Å². The largest absolute Gasteiger partial charge is 0.478 e. The van der Waals surface area contributed by atoms with Crippen LogP contribution in [0.2, 0.25) is 0 Å². The van der Waals surface area contributed by atoms with Crippen molar-refractivity contribution in [3.8, 4) is 5.75 Å². The fraction of sp³-hybridized carbons (Fsp3) is 0.111. The standard InChI is InChI=1S/C9H8INO4/c1-4(12)15-8-6(9(13)14)2-5(10)3-7(8)11/h2-3H,11H2,1H3,(H,13,14). The number of benzene rings is 1. The molecule has 1 aromatic rings. The molecule has 6 heteroatoms. The number of rotatable bonds is 2. The molecule has 1 aromatic carbocycles. The molecule has 0 aliphatic carbocycles. The van der Waals surface area contributed by atoms with E-state index in [-0.39, 0.29) is 17.0 Å². The molecule has 0 spiro atoms. The molecule has 5 nitrogen and oxygen atoms in total. The van der Waals surface area contributed by atoms with E-state index in [1.54, 1.807) is 0 Å². The molecule has 0 aliphatic heterocycles. The molecule has 0 fully saturated rings. The van der Waals surface area contributed by atoms with Gasteiger partial charge >= 0.3 is 11.9 Å². The van der Waals surface area contributed by atoms with Gasteiger partial charge in [0.2, 0.25) is 0 Å². The lowest BCUT2D eigenvalue weighted by Gasteiger charge is -2.09. The number of esters is 1. The number of carboxylic acid groups (broad SMARTS) is 1. The molecule has 0 aliphatic rings. The van der Waals surface area contributed by atoms with Crippen molar-refractivity contribution in [3.63, 3.8) is 0 Å². The van der Waals surface area contributed by atoms with Crippen LogP contribution in [0.15, 0.2) is 12.1 Å². The monoisotopic (exact) mass is 321 g/mol. The number of anilines is 1. The fourth-order valence-corrected chi connectivity index (χ4v) is 1.68. The molecule has 0 atom stereocenters. The minimum Gasteiger partial charge on any atom is -0.478 e. The quantitative estimate of drug-likeness (QED) is 0.373. The van der Waals surface area contributed by atoms with Crippen molar-refractivity contribution in [1.29, 1.82) is 0 Å². The van der Waals surface area contributed by atoms with Crippen molar-refractivity contribution >= 4 is 40.2 Å². The third-order valence-corrected chi connectivity index (χ3v) is 2.18. The Morgan fingerprint density at radius 3 is 2.53 bits per heavy atom. The van der Waals surface area contributed by atoms with E-state index < -0.39 is 11.9 Å². The number of nitrogen functional groups attached to an aromatic ring is 1. The first-order valence-electron chi connectivity index (χ1n) is 3.92. The van der Waals surface area contributed by atoms with Crippen LogP contribution in [-0.2, 0) is 4.79 Å². The van der Waals surface area contributed by atoms with Crippen LogP contribution in [-0.4, -0.2) is 17.0 Å². The molecule has 0 amide bonds. The highest BCUT2D eigenvalue weighted by molar-refractivity contribution is 14.1. The van der Waals surface area contributed by atoms with E-state index in [2.05, 4.69) is 0 Å². The maximum absolute atomic E-state index is 10.9. The molecule has 0 bridgehead atoms. The lowest BCUT2D eigenvalue weighted by molar-refractivity contribution is -0.131. The molecule has 0 heterocycles. The van der Waals surface area contributed by atoms with Crippen molar-refractivity contribution in [2.75, 3.05) is 5.73 Å². The summed E-state index contributed by atoms with van der Waals surface area (Å²) in [5.41, 5.74) is 5.58. The average molecular weight is 321 g/mol. The van der Waals surface area contributed by atoms with E-state index in [0.717, 1.165) is 0 Å². The number of carbonyl (C=O) groups is 2. The van der Waals surface area contributed by atoms with Gasteiger partial charge in [0.1, 0.15) is 5.56 Å². The van der Waals surface area contributed by atoms with E-state index >= 15 is 0 Å². The lowest BCUT2D eigenvalue weighted by atomic mass is 10.2. The van der Waals surface area contributed by atoms with Crippen LogP contribution in [0.4, 0.5) is 5.69 Å². The number of aromatic carboxylic acids is 1. The molecule has 1 rings (SSSR count). The molecule has 0 saturated carbocycles. The molecule has 15 heavy (non-hydrogen) atoms. The van der Waals surface area contributed by atoms with Crippen LogP contribution in [0.25, 0.3) is 0 Å². The van der Waals surface area contributed by atoms with Crippen LogP contribution < -0.4 is 10.5 Å². The molecule has 3 N–H and O–H groups in total. The van der Waals surface area contributed by atoms with Crippen molar-refractivity contribution < 1.29 is 19.4 Å². The van der Waals surface area contributed by atoms with Gasteiger partial charge in [-0.25, -0.2) is 4.79 Å². The van der Waals surface area contributed by atoms with Gasteiger partial charge in [0.15, 0.2) is 5.75 Å². The first kappa shape index (κ1) is 11.8. The van der Waals surface area contributed by atoms with Gasteiger partial charge in [-0.2, -0.15) is 0 Å². The zero-order valence-electron chi connectivity index (χ0n) is 7.78. The number of hydrogen-bond acceptors (Lipinski definition) is 4. The Morgan fingerprint density at radius 1 is 1.47 bits per heavy atom. The van der Waals surface area contributed by atoms with Gasteiger partial charge < -0.3 is 15.6 Å². The lowest BCUT2D eigenvalue weighted by Crippen LogP contribution is -2.10. The molecule has 0 unspecified atom stereocenters. The number of halogens is 1.